The molecule has 1 amide bonds. The molecule has 0 saturated heterocycles. The lowest BCUT2D eigenvalue weighted by molar-refractivity contribution is -0.114. The second-order valence-electron chi connectivity index (χ2n) is 3.01. The average molecular weight is 181 g/mol. The second kappa shape index (κ2) is 7.59. The van der Waals surface area contributed by atoms with Gasteiger partial charge in [0, 0.05) is 5.57 Å². The van der Waals surface area contributed by atoms with Crippen molar-refractivity contribution in [3.05, 3.63) is 23.8 Å². The van der Waals surface area contributed by atoms with Gasteiger partial charge in [-0.1, -0.05) is 38.0 Å². The molecular formula is C11H19NO. The van der Waals surface area contributed by atoms with Gasteiger partial charge in [-0.15, -0.1) is 0 Å². The zero-order valence-electron chi connectivity index (χ0n) is 8.55. The number of hydrogen-bond acceptors (Lipinski definition) is 1. The Kier molecular flexibility index (Phi) is 6.98. The van der Waals surface area contributed by atoms with Crippen LogP contribution in [0.3, 0.4) is 0 Å². The van der Waals surface area contributed by atoms with Crippen LogP contribution in [-0.4, -0.2) is 5.91 Å². The van der Waals surface area contributed by atoms with E-state index in [1.807, 2.05) is 25.2 Å². The summed E-state index contributed by atoms with van der Waals surface area (Å²) >= 11 is 0. The van der Waals surface area contributed by atoms with Crippen LogP contribution in [0.1, 0.15) is 39.5 Å². The predicted octanol–water partition coefficient (Wildman–Crippen LogP) is 2.55. The van der Waals surface area contributed by atoms with E-state index >= 15 is 0 Å². The van der Waals surface area contributed by atoms with Crippen LogP contribution >= 0.6 is 0 Å². The molecule has 0 aliphatic rings. The monoisotopic (exact) mass is 181 g/mol. The minimum atomic E-state index is -0.297. The molecule has 0 saturated carbocycles. The summed E-state index contributed by atoms with van der Waals surface area (Å²) in [5.74, 6) is -0.297. The molecular weight excluding hydrogens is 162 g/mol. The largest absolute Gasteiger partial charge is 0.366 e. The molecule has 0 aliphatic carbocycles. The Bertz CT molecular complexity index is 204. The first-order valence-electron chi connectivity index (χ1n) is 4.82. The number of nitrogens with two attached hydrogens (primary N) is 1. The first kappa shape index (κ1) is 11.9. The van der Waals surface area contributed by atoms with Gasteiger partial charge in [0.15, 0.2) is 0 Å². The zero-order valence-corrected chi connectivity index (χ0v) is 8.55. The lowest BCUT2D eigenvalue weighted by Crippen LogP contribution is -2.13. The molecule has 0 heterocycles. The summed E-state index contributed by atoms with van der Waals surface area (Å²) in [5.41, 5.74) is 5.95. The molecule has 0 aromatic rings. The van der Waals surface area contributed by atoms with E-state index in [0.717, 1.165) is 24.8 Å². The van der Waals surface area contributed by atoms with Crippen LogP contribution in [-0.2, 0) is 4.79 Å². The Morgan fingerprint density at radius 3 is 2.62 bits per heavy atom. The average Bonchev–Trinajstić information content (AvgIpc) is 2.10. The van der Waals surface area contributed by atoms with E-state index in [0.29, 0.717) is 6.42 Å². The van der Waals surface area contributed by atoms with Crippen LogP contribution in [0, 0.1) is 0 Å². The minimum Gasteiger partial charge on any atom is -0.366 e. The molecule has 0 unspecified atom stereocenters. The Labute approximate surface area is 80.5 Å². The third kappa shape index (κ3) is 6.14. The van der Waals surface area contributed by atoms with Crippen LogP contribution in [0.25, 0.3) is 0 Å². The number of rotatable bonds is 6. The molecule has 0 radical (unpaired) electrons. The van der Waals surface area contributed by atoms with Gasteiger partial charge in [-0.2, -0.15) is 0 Å². The van der Waals surface area contributed by atoms with Crippen molar-refractivity contribution in [1.82, 2.24) is 0 Å². The highest BCUT2D eigenvalue weighted by molar-refractivity contribution is 5.92. The number of carbonyl (C=O) groups is 1. The van der Waals surface area contributed by atoms with Crippen molar-refractivity contribution >= 4 is 5.91 Å². The standard InChI is InChI=1S/C11H19NO/c1-3-5-7-9-10(11(12)13)8-6-4-2/h4,6,9H,3,5,7-8H2,1-2H3,(H2,12,13). The van der Waals surface area contributed by atoms with Crippen molar-refractivity contribution in [2.24, 2.45) is 5.73 Å². The molecule has 2 N–H and O–H groups in total. The smallest absolute Gasteiger partial charge is 0.244 e. The first-order chi connectivity index (χ1) is 6.22. The molecule has 0 bridgehead atoms. The number of amides is 1. The van der Waals surface area contributed by atoms with Gasteiger partial charge in [0.2, 0.25) is 5.91 Å². The fourth-order valence-electron chi connectivity index (χ4n) is 1.01. The third-order valence-electron chi connectivity index (χ3n) is 1.84. The maximum absolute atomic E-state index is 10.9. The molecule has 0 aliphatic heterocycles. The highest BCUT2D eigenvalue weighted by atomic mass is 16.1. The van der Waals surface area contributed by atoms with Gasteiger partial charge < -0.3 is 5.73 Å². The summed E-state index contributed by atoms with van der Waals surface area (Å²) in [7, 11) is 0. The van der Waals surface area contributed by atoms with Gasteiger partial charge in [0.05, 0.1) is 0 Å². The maximum Gasteiger partial charge on any atom is 0.244 e. The van der Waals surface area contributed by atoms with Crippen molar-refractivity contribution in [3.63, 3.8) is 0 Å². The molecule has 13 heavy (non-hydrogen) atoms. The van der Waals surface area contributed by atoms with Gasteiger partial charge in [-0.25, -0.2) is 0 Å². The predicted molar refractivity (Wildman–Crippen MR) is 56.2 cm³/mol. The van der Waals surface area contributed by atoms with Crippen LogP contribution in [0.15, 0.2) is 23.8 Å². The second-order valence-corrected chi connectivity index (χ2v) is 3.01. The summed E-state index contributed by atoms with van der Waals surface area (Å²) in [6.07, 6.45) is 9.70. The number of unbranched alkanes of at least 4 members (excludes halogenated alkanes) is 2. The van der Waals surface area contributed by atoms with Crippen LogP contribution < -0.4 is 5.73 Å². The van der Waals surface area contributed by atoms with Gasteiger partial charge >= 0.3 is 0 Å². The highest BCUT2D eigenvalue weighted by Gasteiger charge is 2.00. The van der Waals surface area contributed by atoms with Crippen LogP contribution in [0.4, 0.5) is 0 Å². The van der Waals surface area contributed by atoms with Gasteiger partial charge in [-0.05, 0) is 19.8 Å². The van der Waals surface area contributed by atoms with Crippen molar-refractivity contribution in [2.75, 3.05) is 0 Å². The first-order valence-corrected chi connectivity index (χ1v) is 4.82. The fourth-order valence-corrected chi connectivity index (χ4v) is 1.01. The quantitative estimate of drug-likeness (QED) is 0.382. The van der Waals surface area contributed by atoms with Crippen molar-refractivity contribution < 1.29 is 4.79 Å². The van der Waals surface area contributed by atoms with Crippen molar-refractivity contribution in [2.45, 2.75) is 39.5 Å². The summed E-state index contributed by atoms with van der Waals surface area (Å²) in [6.45, 7) is 4.06. The zero-order chi connectivity index (χ0) is 10.1. The normalized spacial score (nSPS) is 12.3. The molecule has 0 aromatic carbocycles. The molecule has 0 rings (SSSR count). The highest BCUT2D eigenvalue weighted by Crippen LogP contribution is 2.06. The van der Waals surface area contributed by atoms with Crippen molar-refractivity contribution in [3.8, 4) is 0 Å². The summed E-state index contributed by atoms with van der Waals surface area (Å²) in [6, 6.07) is 0. The van der Waals surface area contributed by atoms with Crippen LogP contribution in [0.5, 0.6) is 0 Å². The number of primary amides is 1. The topological polar surface area (TPSA) is 43.1 Å². The van der Waals surface area contributed by atoms with Crippen molar-refractivity contribution in [1.29, 1.82) is 0 Å². The van der Waals surface area contributed by atoms with E-state index in [1.54, 1.807) is 0 Å². The Morgan fingerprint density at radius 2 is 2.15 bits per heavy atom. The van der Waals surface area contributed by atoms with Gasteiger partial charge in [-0.3, -0.25) is 4.79 Å². The van der Waals surface area contributed by atoms with Gasteiger partial charge in [0.1, 0.15) is 0 Å². The molecule has 0 spiro atoms. The van der Waals surface area contributed by atoms with E-state index in [-0.39, 0.29) is 5.91 Å². The molecule has 0 atom stereocenters. The summed E-state index contributed by atoms with van der Waals surface area (Å²) < 4.78 is 0. The number of carbonyl (C=O) groups excluding carboxylic acids is 1. The Hall–Kier alpha value is -1.05. The minimum absolute atomic E-state index is 0.297. The van der Waals surface area contributed by atoms with E-state index in [4.69, 9.17) is 5.73 Å². The Morgan fingerprint density at radius 1 is 1.46 bits per heavy atom. The van der Waals surface area contributed by atoms with E-state index < -0.39 is 0 Å². The third-order valence-corrected chi connectivity index (χ3v) is 1.84. The maximum atomic E-state index is 10.9. The summed E-state index contributed by atoms with van der Waals surface area (Å²) in [4.78, 5) is 10.9. The van der Waals surface area contributed by atoms with Gasteiger partial charge in [0.25, 0.3) is 0 Å². The number of allylic oxidation sites excluding steroid dienone is 3. The fraction of sp³-hybridized carbons (Fsp3) is 0.545. The lowest BCUT2D eigenvalue weighted by Gasteiger charge is -1.98. The SMILES string of the molecule is CC=CCC(=CCCCC)C(N)=O. The lowest BCUT2D eigenvalue weighted by atomic mass is 10.1. The molecule has 74 valence electrons. The summed E-state index contributed by atoms with van der Waals surface area (Å²) in [5, 5.41) is 0. The molecule has 2 heteroatoms. The molecule has 0 fully saturated rings. The van der Waals surface area contributed by atoms with Crippen LogP contribution in [0.2, 0.25) is 0 Å². The molecule has 0 aromatic heterocycles. The van der Waals surface area contributed by atoms with E-state index in [2.05, 4.69) is 6.92 Å². The Balaban J connectivity index is 4.07. The van der Waals surface area contributed by atoms with E-state index in [9.17, 15) is 4.79 Å². The molecule has 2 nitrogen and oxygen atoms in total. The van der Waals surface area contributed by atoms with E-state index in [1.165, 1.54) is 0 Å². The number of hydrogen-bond donors (Lipinski definition) is 1.